The van der Waals surface area contributed by atoms with Gasteiger partial charge in [0.25, 0.3) is 5.91 Å². The van der Waals surface area contributed by atoms with Crippen molar-refractivity contribution < 1.29 is 18.4 Å². The number of benzene rings is 1. The van der Waals surface area contributed by atoms with E-state index in [0.717, 1.165) is 31.2 Å². The molecule has 6 nitrogen and oxygen atoms in total. The predicted octanol–water partition coefficient (Wildman–Crippen LogP) is 3.25. The van der Waals surface area contributed by atoms with Crippen LogP contribution in [0.3, 0.4) is 0 Å². The van der Waals surface area contributed by atoms with E-state index in [-0.39, 0.29) is 5.75 Å². The summed E-state index contributed by atoms with van der Waals surface area (Å²) in [6, 6.07) is 8.69. The number of rotatable bonds is 12. The van der Waals surface area contributed by atoms with Crippen LogP contribution in [0.4, 0.5) is 0 Å². The zero-order valence-corrected chi connectivity index (χ0v) is 16.0. The Morgan fingerprint density at radius 2 is 1.72 bits per heavy atom. The van der Waals surface area contributed by atoms with Gasteiger partial charge in [0.1, 0.15) is 0 Å². The summed E-state index contributed by atoms with van der Waals surface area (Å²) in [7, 11) is -3.61. The van der Waals surface area contributed by atoms with Crippen LogP contribution in [0.5, 0.6) is 0 Å². The number of sulfonamides is 1. The van der Waals surface area contributed by atoms with Gasteiger partial charge in [-0.05, 0) is 18.9 Å². The third kappa shape index (κ3) is 7.54. The fourth-order valence-electron chi connectivity index (χ4n) is 2.73. The maximum Gasteiger partial charge on any atom is 0.258 e. The molecule has 0 aliphatic heterocycles. The molecule has 0 heterocycles. The van der Waals surface area contributed by atoms with Crippen LogP contribution in [0.25, 0.3) is 0 Å². The third-order valence-electron chi connectivity index (χ3n) is 4.25. The standard InChI is InChI=1S/C18H30N2O4S/c1-3-4-5-6-7-11-14-25(23,24)20(15-18(21)19-22)16(2)17-12-9-8-10-13-17/h8-10,12-13,16,22H,3-7,11,14-15H2,1-2H3,(H,19,21). The van der Waals surface area contributed by atoms with Gasteiger partial charge in [0.15, 0.2) is 0 Å². The lowest BCUT2D eigenvalue weighted by atomic mass is 10.1. The van der Waals surface area contributed by atoms with Crippen molar-refractivity contribution in [3.8, 4) is 0 Å². The second kappa shape index (κ2) is 11.2. The zero-order chi connectivity index (χ0) is 18.7. The molecule has 1 amide bonds. The zero-order valence-electron chi connectivity index (χ0n) is 15.1. The lowest BCUT2D eigenvalue weighted by Gasteiger charge is -2.28. The summed E-state index contributed by atoms with van der Waals surface area (Å²) < 4.78 is 26.7. The molecule has 0 radical (unpaired) electrons. The van der Waals surface area contributed by atoms with Crippen molar-refractivity contribution in [3.63, 3.8) is 0 Å². The van der Waals surface area contributed by atoms with Crippen LogP contribution in [0.2, 0.25) is 0 Å². The van der Waals surface area contributed by atoms with Crippen LogP contribution in [0.1, 0.15) is 64.0 Å². The molecule has 0 spiro atoms. The first kappa shape index (κ1) is 21.6. The Kier molecular flexibility index (Phi) is 9.70. The summed E-state index contributed by atoms with van der Waals surface area (Å²) in [6.45, 7) is 3.49. The highest BCUT2D eigenvalue weighted by Crippen LogP contribution is 2.24. The van der Waals surface area contributed by atoms with Crippen LogP contribution >= 0.6 is 0 Å². The predicted molar refractivity (Wildman–Crippen MR) is 98.7 cm³/mol. The number of hydroxylamine groups is 1. The van der Waals surface area contributed by atoms with Crippen LogP contribution in [0.15, 0.2) is 30.3 Å². The smallest absolute Gasteiger partial charge is 0.258 e. The molecule has 1 unspecified atom stereocenters. The van der Waals surface area contributed by atoms with Gasteiger partial charge in [0.05, 0.1) is 12.3 Å². The number of nitrogens with one attached hydrogen (secondary N) is 1. The highest BCUT2D eigenvalue weighted by atomic mass is 32.2. The van der Waals surface area contributed by atoms with E-state index in [0.29, 0.717) is 6.42 Å². The van der Waals surface area contributed by atoms with Crippen molar-refractivity contribution in [1.29, 1.82) is 0 Å². The van der Waals surface area contributed by atoms with Crippen molar-refractivity contribution in [1.82, 2.24) is 9.79 Å². The Morgan fingerprint density at radius 1 is 1.12 bits per heavy atom. The topological polar surface area (TPSA) is 86.7 Å². The van der Waals surface area contributed by atoms with Crippen molar-refractivity contribution in [2.75, 3.05) is 12.3 Å². The number of unbranched alkanes of at least 4 members (excludes halogenated alkanes) is 5. The van der Waals surface area contributed by atoms with Gasteiger partial charge in [-0.1, -0.05) is 69.4 Å². The molecule has 0 fully saturated rings. The molecule has 142 valence electrons. The molecule has 25 heavy (non-hydrogen) atoms. The number of carbonyl (C=O) groups excluding carboxylic acids is 1. The monoisotopic (exact) mass is 370 g/mol. The Bertz CT molecular complexity index is 605. The SMILES string of the molecule is CCCCCCCCS(=O)(=O)N(CC(=O)NO)C(C)c1ccccc1. The number of nitrogens with zero attached hydrogens (tertiary/aromatic N) is 1. The maximum absolute atomic E-state index is 12.8. The van der Waals surface area contributed by atoms with Crippen LogP contribution in [-0.2, 0) is 14.8 Å². The van der Waals surface area contributed by atoms with E-state index < -0.39 is 28.5 Å². The van der Waals surface area contributed by atoms with Crippen LogP contribution in [-0.4, -0.2) is 36.1 Å². The van der Waals surface area contributed by atoms with E-state index >= 15 is 0 Å². The first-order valence-electron chi connectivity index (χ1n) is 8.89. The fraction of sp³-hybridized carbons (Fsp3) is 0.611. The molecule has 1 atom stereocenters. The van der Waals surface area contributed by atoms with Crippen LogP contribution in [0, 0.1) is 0 Å². The molecule has 0 saturated heterocycles. The van der Waals surface area contributed by atoms with Gasteiger partial charge >= 0.3 is 0 Å². The highest BCUT2D eigenvalue weighted by molar-refractivity contribution is 7.89. The van der Waals surface area contributed by atoms with Gasteiger partial charge in [-0.2, -0.15) is 4.31 Å². The molecule has 1 aromatic rings. The molecule has 7 heteroatoms. The van der Waals surface area contributed by atoms with Crippen molar-refractivity contribution >= 4 is 15.9 Å². The van der Waals surface area contributed by atoms with Crippen molar-refractivity contribution in [3.05, 3.63) is 35.9 Å². The van der Waals surface area contributed by atoms with E-state index in [4.69, 9.17) is 5.21 Å². The van der Waals surface area contributed by atoms with E-state index in [1.165, 1.54) is 16.2 Å². The quantitative estimate of drug-likeness (QED) is 0.336. The lowest BCUT2D eigenvalue weighted by Crippen LogP contribution is -2.42. The van der Waals surface area contributed by atoms with E-state index in [9.17, 15) is 13.2 Å². The lowest BCUT2D eigenvalue weighted by molar-refractivity contribution is -0.129. The summed E-state index contributed by atoms with van der Waals surface area (Å²) in [4.78, 5) is 11.6. The first-order chi connectivity index (χ1) is 11.9. The average Bonchev–Trinajstić information content (AvgIpc) is 2.62. The molecule has 0 aromatic heterocycles. The van der Waals surface area contributed by atoms with Crippen molar-refractivity contribution in [2.45, 2.75) is 58.4 Å². The van der Waals surface area contributed by atoms with Gasteiger partial charge in [-0.15, -0.1) is 0 Å². The molecule has 0 saturated carbocycles. The molecule has 0 aliphatic carbocycles. The van der Waals surface area contributed by atoms with Gasteiger partial charge in [-0.25, -0.2) is 13.9 Å². The molecular weight excluding hydrogens is 340 g/mol. The molecule has 0 bridgehead atoms. The Balaban J connectivity index is 2.78. The second-order valence-corrected chi connectivity index (χ2v) is 8.29. The fourth-order valence-corrected chi connectivity index (χ4v) is 4.45. The molecule has 1 rings (SSSR count). The molecular formula is C18H30N2O4S. The van der Waals surface area contributed by atoms with E-state index in [2.05, 4.69) is 6.92 Å². The third-order valence-corrected chi connectivity index (χ3v) is 6.22. The Labute approximate surface area is 151 Å². The van der Waals surface area contributed by atoms with Gasteiger partial charge in [0, 0.05) is 6.04 Å². The molecule has 1 aromatic carbocycles. The largest absolute Gasteiger partial charge is 0.289 e. The van der Waals surface area contributed by atoms with Gasteiger partial charge < -0.3 is 0 Å². The Hall–Kier alpha value is -1.44. The first-order valence-corrected chi connectivity index (χ1v) is 10.5. The summed E-state index contributed by atoms with van der Waals surface area (Å²) in [6.07, 6.45) is 5.89. The molecule has 2 N–H and O–H groups in total. The summed E-state index contributed by atoms with van der Waals surface area (Å²) in [5.74, 6) is -0.732. The summed E-state index contributed by atoms with van der Waals surface area (Å²) in [5.41, 5.74) is 2.32. The molecule has 0 aliphatic rings. The normalized spacial score (nSPS) is 13.0. The minimum atomic E-state index is -3.61. The number of amides is 1. The van der Waals surface area contributed by atoms with Crippen LogP contribution < -0.4 is 5.48 Å². The number of hydrogen-bond acceptors (Lipinski definition) is 4. The minimum absolute atomic E-state index is 0.00894. The summed E-state index contributed by atoms with van der Waals surface area (Å²) in [5, 5.41) is 8.78. The van der Waals surface area contributed by atoms with E-state index in [1.807, 2.05) is 30.3 Å². The average molecular weight is 371 g/mol. The maximum atomic E-state index is 12.8. The van der Waals surface area contributed by atoms with Gasteiger partial charge in [-0.3, -0.25) is 10.0 Å². The highest BCUT2D eigenvalue weighted by Gasteiger charge is 2.29. The Morgan fingerprint density at radius 3 is 2.32 bits per heavy atom. The minimum Gasteiger partial charge on any atom is -0.289 e. The van der Waals surface area contributed by atoms with Crippen molar-refractivity contribution in [2.24, 2.45) is 0 Å². The number of hydrogen-bond donors (Lipinski definition) is 2. The number of carbonyl (C=O) groups is 1. The summed E-state index contributed by atoms with van der Waals surface area (Å²) >= 11 is 0. The van der Waals surface area contributed by atoms with E-state index in [1.54, 1.807) is 6.92 Å². The van der Waals surface area contributed by atoms with Gasteiger partial charge in [0.2, 0.25) is 10.0 Å². The second-order valence-electron chi connectivity index (χ2n) is 6.25.